The third-order valence-corrected chi connectivity index (χ3v) is 5.11. The summed E-state index contributed by atoms with van der Waals surface area (Å²) in [6.45, 7) is 3.96. The Bertz CT molecular complexity index is 524. The Morgan fingerprint density at radius 1 is 1.42 bits per heavy atom. The Labute approximate surface area is 114 Å². The highest BCUT2D eigenvalue weighted by Crippen LogP contribution is 2.19. The van der Waals surface area contributed by atoms with Crippen molar-refractivity contribution in [2.75, 3.05) is 27.2 Å². The van der Waals surface area contributed by atoms with E-state index < -0.39 is 10.2 Å². The largest absolute Gasteiger partial charge is 0.375 e. The summed E-state index contributed by atoms with van der Waals surface area (Å²) < 4.78 is 35.0. The highest BCUT2D eigenvalue weighted by atomic mass is 32.2. The van der Waals surface area contributed by atoms with Crippen molar-refractivity contribution in [1.29, 1.82) is 0 Å². The van der Waals surface area contributed by atoms with Crippen LogP contribution in [0.4, 0.5) is 0 Å². The van der Waals surface area contributed by atoms with E-state index in [4.69, 9.17) is 4.74 Å². The number of rotatable bonds is 4. The molecule has 0 saturated heterocycles. The highest BCUT2D eigenvalue weighted by Gasteiger charge is 2.31. The average Bonchev–Trinajstić information content (AvgIpc) is 2.68. The van der Waals surface area contributed by atoms with Crippen LogP contribution in [0, 0.1) is 0 Å². The van der Waals surface area contributed by atoms with Gasteiger partial charge in [0.2, 0.25) is 0 Å². The van der Waals surface area contributed by atoms with E-state index in [1.165, 1.54) is 8.61 Å². The summed E-state index contributed by atoms with van der Waals surface area (Å²) in [5.74, 6) is 0. The van der Waals surface area contributed by atoms with Gasteiger partial charge in [0.1, 0.15) is 0 Å². The van der Waals surface area contributed by atoms with Gasteiger partial charge in [0, 0.05) is 45.7 Å². The first-order valence-corrected chi connectivity index (χ1v) is 7.78. The number of hydrogen-bond donors (Lipinski definition) is 0. The van der Waals surface area contributed by atoms with Crippen LogP contribution in [0.25, 0.3) is 0 Å². The van der Waals surface area contributed by atoms with Gasteiger partial charge in [-0.25, -0.2) is 0 Å². The molecule has 2 rings (SSSR count). The van der Waals surface area contributed by atoms with Crippen molar-refractivity contribution in [2.45, 2.75) is 26.1 Å². The molecule has 0 spiro atoms. The highest BCUT2D eigenvalue weighted by molar-refractivity contribution is 7.86. The van der Waals surface area contributed by atoms with Crippen LogP contribution in [-0.2, 0) is 28.0 Å². The Morgan fingerprint density at radius 3 is 2.79 bits per heavy atom. The molecule has 0 N–H and O–H groups in total. The van der Waals surface area contributed by atoms with Gasteiger partial charge in [-0.15, -0.1) is 0 Å². The zero-order valence-corrected chi connectivity index (χ0v) is 12.4. The minimum absolute atomic E-state index is 0.117. The van der Waals surface area contributed by atoms with Gasteiger partial charge >= 0.3 is 0 Å². The van der Waals surface area contributed by atoms with Gasteiger partial charge in [0.05, 0.1) is 12.6 Å². The zero-order chi connectivity index (χ0) is 14.0. The summed E-state index contributed by atoms with van der Waals surface area (Å²) in [5, 5.41) is 0. The molecule has 0 fully saturated rings. The first kappa shape index (κ1) is 14.5. The summed E-state index contributed by atoms with van der Waals surface area (Å²) >= 11 is 0. The molecular weight excluding hydrogens is 266 g/mol. The predicted octanol–water partition coefficient (Wildman–Crippen LogP) is 0.515. The molecule has 6 nitrogen and oxygen atoms in total. The van der Waals surface area contributed by atoms with Crippen molar-refractivity contribution in [1.82, 2.24) is 13.2 Å². The van der Waals surface area contributed by atoms with Gasteiger partial charge in [-0.05, 0) is 19.1 Å². The maximum absolute atomic E-state index is 12.3. The van der Waals surface area contributed by atoms with Crippen LogP contribution >= 0.6 is 0 Å². The van der Waals surface area contributed by atoms with Crippen LogP contribution in [0.1, 0.15) is 12.6 Å². The SMILES string of the molecule is CCOC1CN(S(=O)(=O)N(C)C)Cc2cccn2C1. The molecule has 1 aromatic rings. The van der Waals surface area contributed by atoms with Gasteiger partial charge in [0.15, 0.2) is 0 Å². The molecular formula is C12H21N3O3S. The fraction of sp³-hybridized carbons (Fsp3) is 0.667. The Balaban J connectivity index is 2.30. The molecule has 19 heavy (non-hydrogen) atoms. The molecule has 7 heteroatoms. The molecule has 0 amide bonds. The summed E-state index contributed by atoms with van der Waals surface area (Å²) in [6.07, 6.45) is 1.85. The lowest BCUT2D eigenvalue weighted by atomic mass is 10.3. The van der Waals surface area contributed by atoms with E-state index in [0.29, 0.717) is 26.2 Å². The van der Waals surface area contributed by atoms with Gasteiger partial charge in [-0.3, -0.25) is 0 Å². The lowest BCUT2D eigenvalue weighted by Crippen LogP contribution is -2.43. The second kappa shape index (κ2) is 5.62. The quantitative estimate of drug-likeness (QED) is 0.811. The molecule has 2 heterocycles. The number of aromatic nitrogens is 1. The zero-order valence-electron chi connectivity index (χ0n) is 11.6. The van der Waals surface area contributed by atoms with Crippen LogP contribution < -0.4 is 0 Å². The number of nitrogens with zero attached hydrogens (tertiary/aromatic N) is 3. The number of ether oxygens (including phenoxy) is 1. The minimum Gasteiger partial charge on any atom is -0.375 e. The average molecular weight is 287 g/mol. The number of fused-ring (bicyclic) bond motifs is 1. The summed E-state index contributed by atoms with van der Waals surface area (Å²) in [7, 11) is -0.321. The smallest absolute Gasteiger partial charge is 0.281 e. The van der Waals surface area contributed by atoms with Gasteiger partial charge in [-0.2, -0.15) is 17.0 Å². The second-order valence-electron chi connectivity index (χ2n) is 4.81. The van der Waals surface area contributed by atoms with Crippen LogP contribution in [0.2, 0.25) is 0 Å². The molecule has 108 valence electrons. The lowest BCUT2D eigenvalue weighted by molar-refractivity contribution is 0.0418. The molecule has 0 saturated carbocycles. The second-order valence-corrected chi connectivity index (χ2v) is 6.95. The molecule has 1 aliphatic rings. The first-order valence-electron chi connectivity index (χ1n) is 6.38. The Hall–Kier alpha value is -0.890. The molecule has 1 aliphatic heterocycles. The molecule has 0 radical (unpaired) electrons. The van der Waals surface area contributed by atoms with Crippen LogP contribution in [0.3, 0.4) is 0 Å². The maximum Gasteiger partial charge on any atom is 0.281 e. The Kier molecular flexibility index (Phi) is 4.29. The van der Waals surface area contributed by atoms with Gasteiger partial charge < -0.3 is 9.30 Å². The van der Waals surface area contributed by atoms with Crippen LogP contribution in [0.5, 0.6) is 0 Å². The van der Waals surface area contributed by atoms with E-state index in [9.17, 15) is 8.42 Å². The summed E-state index contributed by atoms with van der Waals surface area (Å²) in [5.41, 5.74) is 0.993. The number of hydrogen-bond acceptors (Lipinski definition) is 3. The summed E-state index contributed by atoms with van der Waals surface area (Å²) in [4.78, 5) is 0. The predicted molar refractivity (Wildman–Crippen MR) is 72.9 cm³/mol. The van der Waals surface area contributed by atoms with Crippen LogP contribution in [-0.4, -0.2) is 54.9 Å². The van der Waals surface area contributed by atoms with Crippen molar-refractivity contribution in [2.24, 2.45) is 0 Å². The maximum atomic E-state index is 12.3. The first-order chi connectivity index (χ1) is 8.95. The van der Waals surface area contributed by atoms with E-state index in [0.717, 1.165) is 5.69 Å². The molecule has 1 atom stereocenters. The Morgan fingerprint density at radius 2 is 2.16 bits per heavy atom. The molecule has 0 bridgehead atoms. The van der Waals surface area contributed by atoms with Crippen molar-refractivity contribution in [3.05, 3.63) is 24.0 Å². The minimum atomic E-state index is -3.42. The molecule has 1 unspecified atom stereocenters. The lowest BCUT2D eigenvalue weighted by Gasteiger charge is -2.26. The normalized spacial score (nSPS) is 21.4. The molecule has 0 aromatic carbocycles. The summed E-state index contributed by atoms with van der Waals surface area (Å²) in [6, 6.07) is 3.89. The monoisotopic (exact) mass is 287 g/mol. The van der Waals surface area contributed by atoms with Crippen molar-refractivity contribution in [3.63, 3.8) is 0 Å². The van der Waals surface area contributed by atoms with Crippen molar-refractivity contribution >= 4 is 10.2 Å². The topological polar surface area (TPSA) is 54.8 Å². The van der Waals surface area contributed by atoms with Gasteiger partial charge in [-0.1, -0.05) is 0 Å². The van der Waals surface area contributed by atoms with Gasteiger partial charge in [0.25, 0.3) is 10.2 Å². The third-order valence-electron chi connectivity index (χ3n) is 3.26. The van der Waals surface area contributed by atoms with E-state index >= 15 is 0 Å². The van der Waals surface area contributed by atoms with E-state index in [-0.39, 0.29) is 6.10 Å². The third kappa shape index (κ3) is 3.00. The fourth-order valence-corrected chi connectivity index (χ4v) is 3.38. The van der Waals surface area contributed by atoms with Crippen molar-refractivity contribution in [3.8, 4) is 0 Å². The van der Waals surface area contributed by atoms with E-state index in [2.05, 4.69) is 4.57 Å². The standard InChI is InChI=1S/C12H21N3O3S/c1-4-18-12-9-14-7-5-6-11(14)8-15(10-12)19(16,17)13(2)3/h5-7,12H,4,8-10H2,1-3H3. The van der Waals surface area contributed by atoms with E-state index in [1.807, 2.05) is 25.3 Å². The van der Waals surface area contributed by atoms with Crippen LogP contribution in [0.15, 0.2) is 18.3 Å². The van der Waals surface area contributed by atoms with E-state index in [1.54, 1.807) is 14.1 Å². The van der Waals surface area contributed by atoms with Crippen molar-refractivity contribution < 1.29 is 13.2 Å². The molecule has 0 aliphatic carbocycles. The fourth-order valence-electron chi connectivity index (χ4n) is 2.27. The molecule has 1 aromatic heterocycles.